The van der Waals surface area contributed by atoms with Gasteiger partial charge in [-0.25, -0.2) is 9.37 Å². The molecule has 0 saturated heterocycles. The van der Waals surface area contributed by atoms with Crippen molar-refractivity contribution in [2.75, 3.05) is 6.86 Å². The van der Waals surface area contributed by atoms with Crippen molar-refractivity contribution >= 4 is 22.6 Å². The van der Waals surface area contributed by atoms with E-state index in [4.69, 9.17) is 0 Å². The first-order valence-electron chi connectivity index (χ1n) is 3.37. The maximum Gasteiger partial charge on any atom is 0.433 e. The molecule has 7 heteroatoms. The van der Waals surface area contributed by atoms with Gasteiger partial charge in [0.1, 0.15) is 5.69 Å². The van der Waals surface area contributed by atoms with Crippen LogP contribution in [0.3, 0.4) is 0 Å². The second kappa shape index (κ2) is 4.28. The lowest BCUT2D eigenvalue weighted by molar-refractivity contribution is -0.141. The summed E-state index contributed by atoms with van der Waals surface area (Å²) < 4.78 is 52.7. The summed E-state index contributed by atoms with van der Waals surface area (Å²) in [6.07, 6.45) is -4.54. The van der Waals surface area contributed by atoms with E-state index in [1.807, 2.05) is 0 Å². The van der Waals surface area contributed by atoms with Crippen LogP contribution in [0.1, 0.15) is 5.69 Å². The van der Waals surface area contributed by atoms with Crippen LogP contribution < -0.4 is 4.74 Å². The Bertz CT molecular complexity index is 328. The Balaban J connectivity index is 3.06. The highest BCUT2D eigenvalue weighted by molar-refractivity contribution is 14.1. The Hall–Kier alpha value is -0.600. The Kier molecular flexibility index (Phi) is 3.51. The zero-order chi connectivity index (χ0) is 10.8. The second-order valence-corrected chi connectivity index (χ2v) is 3.40. The van der Waals surface area contributed by atoms with Crippen molar-refractivity contribution in [3.8, 4) is 5.88 Å². The molecule has 0 unspecified atom stereocenters. The van der Waals surface area contributed by atoms with Crippen molar-refractivity contribution in [3.63, 3.8) is 0 Å². The summed E-state index contributed by atoms with van der Waals surface area (Å²) in [5, 5.41) is 0. The lowest BCUT2D eigenvalue weighted by Crippen LogP contribution is -2.09. The average molecular weight is 321 g/mol. The Morgan fingerprint density at radius 1 is 1.36 bits per heavy atom. The van der Waals surface area contributed by atoms with Gasteiger partial charge in [-0.1, -0.05) is 0 Å². The predicted molar refractivity (Wildman–Crippen MR) is 48.6 cm³/mol. The van der Waals surface area contributed by atoms with E-state index >= 15 is 0 Å². The maximum absolute atomic E-state index is 12.1. The Morgan fingerprint density at radius 3 is 2.50 bits per heavy atom. The van der Waals surface area contributed by atoms with Gasteiger partial charge in [-0.3, -0.25) is 0 Å². The van der Waals surface area contributed by atoms with E-state index in [2.05, 4.69) is 9.72 Å². The molecule has 0 atom stereocenters. The van der Waals surface area contributed by atoms with Crippen LogP contribution in [-0.2, 0) is 6.18 Å². The number of alkyl halides is 4. The first-order valence-corrected chi connectivity index (χ1v) is 4.45. The molecule has 14 heavy (non-hydrogen) atoms. The van der Waals surface area contributed by atoms with Crippen LogP contribution in [0.5, 0.6) is 5.88 Å². The molecule has 1 aromatic rings. The number of halogens is 5. The highest BCUT2D eigenvalue weighted by Crippen LogP contribution is 2.30. The van der Waals surface area contributed by atoms with Gasteiger partial charge in [0.05, 0.1) is 3.57 Å². The number of hydrogen-bond acceptors (Lipinski definition) is 2. The largest absolute Gasteiger partial charge is 0.445 e. The molecule has 1 rings (SSSR count). The predicted octanol–water partition coefficient (Wildman–Crippen LogP) is 3.01. The molecule has 2 nitrogen and oxygen atoms in total. The van der Waals surface area contributed by atoms with Gasteiger partial charge in [-0.05, 0) is 34.7 Å². The fourth-order valence-electron chi connectivity index (χ4n) is 0.734. The quantitative estimate of drug-likeness (QED) is 0.617. The molecule has 1 aromatic heterocycles. The summed E-state index contributed by atoms with van der Waals surface area (Å²) in [6, 6.07) is 1.98. The molecular formula is C7H4F4INO. The van der Waals surface area contributed by atoms with Gasteiger partial charge in [-0.2, -0.15) is 13.2 Å². The van der Waals surface area contributed by atoms with Crippen molar-refractivity contribution in [1.82, 2.24) is 4.98 Å². The minimum absolute atomic E-state index is 0.327. The van der Waals surface area contributed by atoms with Crippen LogP contribution in [0.25, 0.3) is 0 Å². The Labute approximate surface area is 90.4 Å². The molecule has 0 aliphatic rings. The number of pyridine rings is 1. The number of ether oxygens (including phenoxy) is 1. The van der Waals surface area contributed by atoms with Gasteiger partial charge < -0.3 is 4.74 Å². The number of rotatable bonds is 2. The number of nitrogens with zero attached hydrogens (tertiary/aromatic N) is 1. The number of hydrogen-bond donors (Lipinski definition) is 0. The lowest BCUT2D eigenvalue weighted by atomic mass is 10.3. The summed E-state index contributed by atoms with van der Waals surface area (Å²) in [7, 11) is 0. The van der Waals surface area contributed by atoms with Crippen molar-refractivity contribution in [2.45, 2.75) is 6.18 Å². The van der Waals surface area contributed by atoms with Crippen molar-refractivity contribution in [2.24, 2.45) is 0 Å². The lowest BCUT2D eigenvalue weighted by Gasteiger charge is -2.08. The van der Waals surface area contributed by atoms with Gasteiger partial charge in [-0.15, -0.1) is 0 Å². The molecular weight excluding hydrogens is 317 g/mol. The monoisotopic (exact) mass is 321 g/mol. The van der Waals surface area contributed by atoms with E-state index in [-0.39, 0.29) is 5.88 Å². The standard InChI is InChI=1S/C7H4F4INO/c8-3-14-6-4(12)1-2-5(13-6)7(9,10)11/h1-2H,3H2. The molecule has 0 saturated carbocycles. The molecule has 0 aromatic carbocycles. The summed E-state index contributed by atoms with van der Waals surface area (Å²) in [6.45, 7) is -1.20. The molecule has 0 radical (unpaired) electrons. The normalized spacial score (nSPS) is 11.5. The second-order valence-electron chi connectivity index (χ2n) is 2.23. The maximum atomic E-state index is 12.1. The van der Waals surface area contributed by atoms with Gasteiger partial charge in [0.2, 0.25) is 12.7 Å². The zero-order valence-corrected chi connectivity index (χ0v) is 8.76. The summed E-state index contributed by atoms with van der Waals surface area (Å²) in [5.74, 6) is -0.345. The van der Waals surface area contributed by atoms with Crippen LogP contribution in [-0.4, -0.2) is 11.8 Å². The molecule has 0 aliphatic heterocycles. The third kappa shape index (κ3) is 2.69. The zero-order valence-electron chi connectivity index (χ0n) is 6.61. The van der Waals surface area contributed by atoms with E-state index in [9.17, 15) is 17.6 Å². The van der Waals surface area contributed by atoms with Gasteiger partial charge in [0, 0.05) is 0 Å². The average Bonchev–Trinajstić information content (AvgIpc) is 2.07. The number of aromatic nitrogens is 1. The van der Waals surface area contributed by atoms with Crippen molar-refractivity contribution < 1.29 is 22.3 Å². The van der Waals surface area contributed by atoms with Crippen molar-refractivity contribution in [1.29, 1.82) is 0 Å². The van der Waals surface area contributed by atoms with E-state index in [0.717, 1.165) is 6.07 Å². The van der Waals surface area contributed by atoms with Crippen LogP contribution >= 0.6 is 22.6 Å². The smallest absolute Gasteiger partial charge is 0.433 e. The fourth-order valence-corrected chi connectivity index (χ4v) is 1.19. The molecule has 0 aliphatic carbocycles. The van der Waals surface area contributed by atoms with E-state index in [1.54, 1.807) is 22.6 Å². The van der Waals surface area contributed by atoms with Crippen LogP contribution in [0.15, 0.2) is 12.1 Å². The third-order valence-corrected chi connectivity index (χ3v) is 2.12. The van der Waals surface area contributed by atoms with E-state index < -0.39 is 18.7 Å². The van der Waals surface area contributed by atoms with Gasteiger partial charge >= 0.3 is 6.18 Å². The molecule has 78 valence electrons. The third-order valence-electron chi connectivity index (χ3n) is 1.30. The van der Waals surface area contributed by atoms with E-state index in [0.29, 0.717) is 3.57 Å². The highest BCUT2D eigenvalue weighted by atomic mass is 127. The van der Waals surface area contributed by atoms with Gasteiger partial charge in [0.15, 0.2) is 0 Å². The van der Waals surface area contributed by atoms with E-state index in [1.165, 1.54) is 6.07 Å². The summed E-state index contributed by atoms with van der Waals surface area (Å²) >= 11 is 1.71. The highest BCUT2D eigenvalue weighted by Gasteiger charge is 2.33. The molecule has 0 N–H and O–H groups in total. The topological polar surface area (TPSA) is 22.1 Å². The van der Waals surface area contributed by atoms with Crippen LogP contribution in [0.4, 0.5) is 17.6 Å². The van der Waals surface area contributed by atoms with Crippen molar-refractivity contribution in [3.05, 3.63) is 21.4 Å². The van der Waals surface area contributed by atoms with Crippen LogP contribution in [0.2, 0.25) is 0 Å². The van der Waals surface area contributed by atoms with Crippen LogP contribution in [0, 0.1) is 3.57 Å². The molecule has 0 fully saturated rings. The molecule has 1 heterocycles. The molecule has 0 spiro atoms. The first kappa shape index (κ1) is 11.5. The summed E-state index contributed by atoms with van der Waals surface area (Å²) in [5.41, 5.74) is -1.10. The Morgan fingerprint density at radius 2 is 2.00 bits per heavy atom. The first-order chi connectivity index (χ1) is 6.45. The summed E-state index contributed by atoms with van der Waals surface area (Å²) in [4.78, 5) is 3.14. The fraction of sp³-hybridized carbons (Fsp3) is 0.286. The molecule has 0 bridgehead atoms. The van der Waals surface area contributed by atoms with Gasteiger partial charge in [0.25, 0.3) is 0 Å². The molecule has 0 amide bonds. The SMILES string of the molecule is FCOc1nc(C(F)(F)F)ccc1I. The minimum Gasteiger partial charge on any atom is -0.445 e. The minimum atomic E-state index is -4.54.